The van der Waals surface area contributed by atoms with Gasteiger partial charge in [0, 0.05) is 44.0 Å². The lowest BCUT2D eigenvalue weighted by atomic mass is 9.96. The molecule has 2 heterocycles. The van der Waals surface area contributed by atoms with Crippen LogP contribution in [0.1, 0.15) is 34.8 Å². The summed E-state index contributed by atoms with van der Waals surface area (Å²) in [6.07, 6.45) is 5.34. The minimum absolute atomic E-state index is 0. The van der Waals surface area contributed by atoms with Gasteiger partial charge in [-0.05, 0) is 37.9 Å². The first-order valence-electron chi connectivity index (χ1n) is 9.36. The predicted octanol–water partition coefficient (Wildman–Crippen LogP) is 1.77. The Hall–Kier alpha value is -2.38. The first kappa shape index (κ1) is 21.9. The quantitative estimate of drug-likeness (QED) is 0.767. The molecule has 2 amide bonds. The monoisotopic (exact) mass is 405 g/mol. The van der Waals surface area contributed by atoms with Crippen LogP contribution in [-0.4, -0.2) is 53.2 Å². The van der Waals surface area contributed by atoms with Crippen LogP contribution in [0, 0.1) is 5.92 Å². The van der Waals surface area contributed by atoms with Crippen LogP contribution in [0.2, 0.25) is 0 Å². The Morgan fingerprint density at radius 2 is 1.89 bits per heavy atom. The Labute approximate surface area is 171 Å². The van der Waals surface area contributed by atoms with Crippen molar-refractivity contribution >= 4 is 24.2 Å². The number of aryl methyl sites for hydroxylation is 1. The molecule has 1 aliphatic heterocycles. The summed E-state index contributed by atoms with van der Waals surface area (Å²) in [4.78, 5) is 26.9. The number of likely N-dealkylation sites (tertiary alicyclic amines) is 1. The maximum Gasteiger partial charge on any atom is 0.253 e. The van der Waals surface area contributed by atoms with E-state index < -0.39 is 6.04 Å². The van der Waals surface area contributed by atoms with Crippen molar-refractivity contribution < 1.29 is 9.59 Å². The fourth-order valence-electron chi connectivity index (χ4n) is 3.49. The normalized spacial score (nSPS) is 15.6. The van der Waals surface area contributed by atoms with Crippen LogP contribution < -0.4 is 10.6 Å². The molecule has 1 atom stereocenters. The number of carbonyl (C=O) groups excluding carboxylic acids is 2. The molecular formula is C20H28ClN5O2. The molecule has 0 saturated carbocycles. The molecule has 1 saturated heterocycles. The molecule has 1 unspecified atom stereocenters. The Bertz CT molecular complexity index is 772. The third kappa shape index (κ3) is 5.33. The molecule has 2 aromatic rings. The molecule has 28 heavy (non-hydrogen) atoms. The van der Waals surface area contributed by atoms with Crippen LogP contribution in [0.5, 0.6) is 0 Å². The standard InChI is InChI=1S/C20H27N5O2.ClH/c1-21-18(17-13-23-24(2)14-17)19(26)22-12-15-8-10-25(11-9-15)20(27)16-6-4-3-5-7-16;/h3-7,13-15,18,21H,8-12H2,1-2H3,(H,22,26);1H. The number of amides is 2. The molecule has 1 aromatic carbocycles. The number of likely N-dealkylation sites (N-methyl/N-ethyl adjacent to an activating group) is 1. The van der Waals surface area contributed by atoms with Crippen LogP contribution in [0.15, 0.2) is 42.7 Å². The van der Waals surface area contributed by atoms with Gasteiger partial charge in [0.15, 0.2) is 0 Å². The molecule has 7 nitrogen and oxygen atoms in total. The van der Waals surface area contributed by atoms with Gasteiger partial charge in [0.25, 0.3) is 5.91 Å². The van der Waals surface area contributed by atoms with Gasteiger partial charge >= 0.3 is 0 Å². The number of nitrogens with zero attached hydrogens (tertiary/aromatic N) is 3. The number of aromatic nitrogens is 2. The van der Waals surface area contributed by atoms with E-state index in [9.17, 15) is 9.59 Å². The summed E-state index contributed by atoms with van der Waals surface area (Å²) in [5.74, 6) is 0.429. The maximum absolute atomic E-state index is 12.5. The smallest absolute Gasteiger partial charge is 0.253 e. The number of piperidine rings is 1. The zero-order valence-electron chi connectivity index (χ0n) is 16.3. The molecule has 3 rings (SSSR count). The molecule has 1 aliphatic rings. The fraction of sp³-hybridized carbons (Fsp3) is 0.450. The van der Waals surface area contributed by atoms with Crippen molar-refractivity contribution in [2.45, 2.75) is 18.9 Å². The highest BCUT2D eigenvalue weighted by atomic mass is 35.5. The predicted molar refractivity (Wildman–Crippen MR) is 110 cm³/mol. The van der Waals surface area contributed by atoms with Crippen molar-refractivity contribution in [2.75, 3.05) is 26.7 Å². The Morgan fingerprint density at radius 3 is 2.46 bits per heavy atom. The van der Waals surface area contributed by atoms with Crippen molar-refractivity contribution in [3.05, 3.63) is 53.9 Å². The highest BCUT2D eigenvalue weighted by molar-refractivity contribution is 5.94. The van der Waals surface area contributed by atoms with Crippen LogP contribution >= 0.6 is 12.4 Å². The summed E-state index contributed by atoms with van der Waals surface area (Å²) in [6.45, 7) is 2.09. The van der Waals surface area contributed by atoms with E-state index in [0.29, 0.717) is 12.5 Å². The highest BCUT2D eigenvalue weighted by Gasteiger charge is 2.25. The van der Waals surface area contributed by atoms with Crippen LogP contribution in [-0.2, 0) is 11.8 Å². The number of rotatable bonds is 6. The molecule has 0 aliphatic carbocycles. The summed E-state index contributed by atoms with van der Waals surface area (Å²) >= 11 is 0. The minimum Gasteiger partial charge on any atom is -0.354 e. The molecule has 1 fully saturated rings. The van der Waals surface area contributed by atoms with Crippen molar-refractivity contribution in [3.63, 3.8) is 0 Å². The van der Waals surface area contributed by atoms with Crippen molar-refractivity contribution in [2.24, 2.45) is 13.0 Å². The molecule has 1 aromatic heterocycles. The molecule has 0 spiro atoms. The lowest BCUT2D eigenvalue weighted by Crippen LogP contribution is -2.43. The molecule has 0 radical (unpaired) electrons. The van der Waals surface area contributed by atoms with Gasteiger partial charge in [0.05, 0.1) is 6.20 Å². The molecule has 8 heteroatoms. The van der Waals surface area contributed by atoms with E-state index in [1.165, 1.54) is 0 Å². The number of benzene rings is 1. The van der Waals surface area contributed by atoms with Gasteiger partial charge in [0.2, 0.25) is 5.91 Å². The first-order chi connectivity index (χ1) is 13.1. The number of halogens is 1. The van der Waals surface area contributed by atoms with Gasteiger partial charge in [-0.3, -0.25) is 14.3 Å². The summed E-state index contributed by atoms with van der Waals surface area (Å²) in [5.41, 5.74) is 1.58. The number of hydrogen-bond acceptors (Lipinski definition) is 4. The van der Waals surface area contributed by atoms with Gasteiger partial charge in [-0.1, -0.05) is 18.2 Å². The number of hydrogen-bond donors (Lipinski definition) is 2. The van der Waals surface area contributed by atoms with Crippen LogP contribution in [0.25, 0.3) is 0 Å². The largest absolute Gasteiger partial charge is 0.354 e. The zero-order chi connectivity index (χ0) is 19.2. The Morgan fingerprint density at radius 1 is 1.21 bits per heavy atom. The number of nitrogens with one attached hydrogen (secondary N) is 2. The molecule has 152 valence electrons. The summed E-state index contributed by atoms with van der Waals surface area (Å²) in [7, 11) is 3.60. The summed E-state index contributed by atoms with van der Waals surface area (Å²) in [6, 6.07) is 8.98. The van der Waals surface area contributed by atoms with E-state index in [2.05, 4.69) is 15.7 Å². The summed E-state index contributed by atoms with van der Waals surface area (Å²) < 4.78 is 1.69. The maximum atomic E-state index is 12.5. The molecular weight excluding hydrogens is 378 g/mol. The average Bonchev–Trinajstić information content (AvgIpc) is 3.13. The molecule has 2 N–H and O–H groups in total. The van der Waals surface area contributed by atoms with Gasteiger partial charge < -0.3 is 15.5 Å². The van der Waals surface area contributed by atoms with Crippen molar-refractivity contribution in [1.82, 2.24) is 25.3 Å². The summed E-state index contributed by atoms with van der Waals surface area (Å²) in [5, 5.41) is 10.2. The Kier molecular flexibility index (Phi) is 8.02. The van der Waals surface area contributed by atoms with E-state index >= 15 is 0 Å². The zero-order valence-corrected chi connectivity index (χ0v) is 17.1. The van der Waals surface area contributed by atoms with E-state index in [1.54, 1.807) is 17.9 Å². The SMILES string of the molecule is CNC(C(=O)NCC1CCN(C(=O)c2ccccc2)CC1)c1cnn(C)c1.Cl. The lowest BCUT2D eigenvalue weighted by Gasteiger charge is -2.32. The van der Waals surface area contributed by atoms with Gasteiger partial charge in [-0.25, -0.2) is 0 Å². The first-order valence-corrected chi connectivity index (χ1v) is 9.36. The van der Waals surface area contributed by atoms with E-state index in [0.717, 1.165) is 37.1 Å². The second-order valence-electron chi connectivity index (χ2n) is 7.02. The topological polar surface area (TPSA) is 79.3 Å². The average molecular weight is 406 g/mol. The van der Waals surface area contributed by atoms with E-state index in [1.807, 2.05) is 48.5 Å². The fourth-order valence-corrected chi connectivity index (χ4v) is 3.49. The minimum atomic E-state index is -0.404. The van der Waals surface area contributed by atoms with Gasteiger partial charge in [0.1, 0.15) is 6.04 Å². The van der Waals surface area contributed by atoms with Gasteiger partial charge in [-0.2, -0.15) is 5.10 Å². The van der Waals surface area contributed by atoms with Crippen molar-refractivity contribution in [3.8, 4) is 0 Å². The third-order valence-corrected chi connectivity index (χ3v) is 5.10. The van der Waals surface area contributed by atoms with E-state index in [4.69, 9.17) is 0 Å². The second-order valence-corrected chi connectivity index (χ2v) is 7.02. The third-order valence-electron chi connectivity index (χ3n) is 5.10. The second kappa shape index (κ2) is 10.2. The highest BCUT2D eigenvalue weighted by Crippen LogP contribution is 2.19. The van der Waals surface area contributed by atoms with Crippen molar-refractivity contribution in [1.29, 1.82) is 0 Å². The van der Waals surface area contributed by atoms with E-state index in [-0.39, 0.29) is 24.2 Å². The molecule has 0 bridgehead atoms. The lowest BCUT2D eigenvalue weighted by molar-refractivity contribution is -0.123. The Balaban J connectivity index is 0.00000280. The van der Waals surface area contributed by atoms with Crippen LogP contribution in [0.4, 0.5) is 0 Å². The number of carbonyl (C=O) groups is 2. The van der Waals surface area contributed by atoms with Gasteiger partial charge in [-0.15, -0.1) is 12.4 Å². The van der Waals surface area contributed by atoms with Crippen LogP contribution in [0.3, 0.4) is 0 Å².